The molecule has 38 heavy (non-hydrogen) atoms. The normalized spacial score (nSPS) is 16.0. The Morgan fingerprint density at radius 1 is 1.11 bits per heavy atom. The zero-order chi connectivity index (χ0) is 26.9. The van der Waals surface area contributed by atoms with Gasteiger partial charge in [0, 0.05) is 86.3 Å². The first kappa shape index (κ1) is 25.2. The zero-order valence-electron chi connectivity index (χ0n) is 20.9. The number of nitrogens with zero attached hydrogens (tertiary/aromatic N) is 7. The van der Waals surface area contributed by atoms with E-state index in [2.05, 4.69) is 29.9 Å². The van der Waals surface area contributed by atoms with Crippen LogP contribution in [0.1, 0.15) is 23.7 Å². The number of anilines is 1. The molecule has 3 N–H and O–H groups in total. The summed E-state index contributed by atoms with van der Waals surface area (Å²) in [6, 6.07) is 5.05. The van der Waals surface area contributed by atoms with Crippen molar-refractivity contribution in [3.63, 3.8) is 0 Å². The Bertz CT molecular complexity index is 1470. The minimum Gasteiger partial charge on any atom is -0.380 e. The molecule has 0 spiro atoms. The summed E-state index contributed by atoms with van der Waals surface area (Å²) in [5.41, 5.74) is 1.28. The van der Waals surface area contributed by atoms with Crippen molar-refractivity contribution in [3.8, 4) is 11.1 Å². The molecule has 1 atom stereocenters. The number of aryl methyl sites for hydroxylation is 1. The summed E-state index contributed by atoms with van der Waals surface area (Å²) in [6.45, 7) is 3.88. The maximum Gasteiger partial charge on any atom is 0.225 e. The van der Waals surface area contributed by atoms with Gasteiger partial charge in [0.15, 0.2) is 5.84 Å². The average Bonchev–Trinajstić information content (AvgIpc) is 3.56. The van der Waals surface area contributed by atoms with Crippen molar-refractivity contribution in [2.45, 2.75) is 12.5 Å². The van der Waals surface area contributed by atoms with Crippen LogP contribution in [0.4, 0.5) is 14.7 Å². The third kappa shape index (κ3) is 4.90. The highest BCUT2D eigenvalue weighted by molar-refractivity contribution is 6.01. The Balaban J connectivity index is 1.27. The number of aliphatic hydroxyl groups is 1. The van der Waals surface area contributed by atoms with E-state index in [0.29, 0.717) is 43.5 Å². The van der Waals surface area contributed by atoms with Crippen molar-refractivity contribution in [3.05, 3.63) is 83.7 Å². The number of aromatic nitrogens is 5. The van der Waals surface area contributed by atoms with Gasteiger partial charge in [0.2, 0.25) is 5.95 Å². The molecule has 10 nitrogen and oxygen atoms in total. The lowest BCUT2D eigenvalue weighted by Gasteiger charge is -2.36. The molecule has 1 aliphatic heterocycles. The summed E-state index contributed by atoms with van der Waals surface area (Å²) in [7, 11) is 1.86. The number of nitrogens with one attached hydrogen (secondary N) is 2. The van der Waals surface area contributed by atoms with Gasteiger partial charge in [0.25, 0.3) is 0 Å². The lowest BCUT2D eigenvalue weighted by atomic mass is 9.89. The van der Waals surface area contributed by atoms with Crippen molar-refractivity contribution in [1.82, 2.24) is 29.6 Å². The number of aliphatic imine (C=N–C) groups is 1. The van der Waals surface area contributed by atoms with Gasteiger partial charge in [0.05, 0.1) is 11.9 Å². The number of hydrogen-bond donors (Lipinski definition) is 3. The van der Waals surface area contributed by atoms with E-state index in [9.17, 15) is 13.9 Å². The summed E-state index contributed by atoms with van der Waals surface area (Å²) in [5, 5.41) is 22.7. The van der Waals surface area contributed by atoms with Gasteiger partial charge in [-0.15, -0.1) is 0 Å². The van der Waals surface area contributed by atoms with Crippen LogP contribution in [0.2, 0.25) is 0 Å². The summed E-state index contributed by atoms with van der Waals surface area (Å²) >= 11 is 0. The third-order valence-electron chi connectivity index (χ3n) is 6.67. The van der Waals surface area contributed by atoms with E-state index in [4.69, 9.17) is 5.41 Å². The van der Waals surface area contributed by atoms with Crippen LogP contribution in [0.3, 0.4) is 0 Å². The topological polar surface area (TPSA) is 122 Å². The summed E-state index contributed by atoms with van der Waals surface area (Å²) in [4.78, 5) is 20.5. The second-order valence-electron chi connectivity index (χ2n) is 9.23. The van der Waals surface area contributed by atoms with E-state index in [-0.39, 0.29) is 5.56 Å². The molecule has 0 radical (unpaired) electrons. The van der Waals surface area contributed by atoms with Crippen LogP contribution in [-0.4, -0.2) is 73.1 Å². The number of benzene rings is 1. The molecule has 0 unspecified atom stereocenters. The maximum absolute atomic E-state index is 14.3. The first-order valence-electron chi connectivity index (χ1n) is 12.0. The molecule has 0 aliphatic carbocycles. The fraction of sp³-hybridized carbons (Fsp3) is 0.269. The third-order valence-corrected chi connectivity index (χ3v) is 6.67. The highest BCUT2D eigenvalue weighted by atomic mass is 19.1. The molecule has 1 saturated heterocycles. The molecule has 196 valence electrons. The Morgan fingerprint density at radius 3 is 2.47 bits per heavy atom. The van der Waals surface area contributed by atoms with Crippen LogP contribution in [0.15, 0.2) is 60.2 Å². The van der Waals surface area contributed by atoms with Crippen LogP contribution in [-0.2, 0) is 12.6 Å². The summed E-state index contributed by atoms with van der Waals surface area (Å²) < 4.78 is 29.3. The largest absolute Gasteiger partial charge is 0.380 e. The van der Waals surface area contributed by atoms with Crippen molar-refractivity contribution in [2.24, 2.45) is 12.0 Å². The molecule has 0 bridgehead atoms. The molecule has 3 aromatic heterocycles. The minimum atomic E-state index is -1.72. The predicted octanol–water partition coefficient (Wildman–Crippen LogP) is 2.92. The molecule has 1 aliphatic rings. The molecule has 0 amide bonds. The van der Waals surface area contributed by atoms with Crippen LogP contribution in [0.5, 0.6) is 0 Å². The van der Waals surface area contributed by atoms with Gasteiger partial charge in [-0.3, -0.25) is 10.1 Å². The number of hydrogen-bond acceptors (Lipinski definition) is 6. The Kier molecular flexibility index (Phi) is 6.72. The van der Waals surface area contributed by atoms with Crippen molar-refractivity contribution >= 4 is 18.1 Å². The van der Waals surface area contributed by atoms with E-state index in [1.165, 1.54) is 25.4 Å². The van der Waals surface area contributed by atoms with Crippen molar-refractivity contribution in [1.29, 1.82) is 5.41 Å². The SMILES string of the molecule is Cn1cc(-c2c[nH]c(/C(=N\C=N)N3CCN(c4ncc([C@](C)(O)c5ccc(F)cc5F)cn4)CC3)c2)cn1. The van der Waals surface area contributed by atoms with Crippen LogP contribution in [0, 0.1) is 17.0 Å². The Hall–Kier alpha value is -4.45. The van der Waals surface area contributed by atoms with Gasteiger partial charge in [0.1, 0.15) is 23.6 Å². The standard InChI is InChI=1S/C26H27F2N9O/c1-26(38,21-4-3-20(27)10-22(21)28)19-13-31-25(32-14-19)37-7-5-36(6-8-37)24(33-16-29)23-9-17(11-30-23)18-12-34-35(2)15-18/h3-4,9-16,29-30,38H,5-8H2,1-2H3/b29-16?,33-24+/t26-/m0/s1. The van der Waals surface area contributed by atoms with Gasteiger partial charge >= 0.3 is 0 Å². The quantitative estimate of drug-likeness (QED) is 0.266. The number of amidine groups is 1. The summed E-state index contributed by atoms with van der Waals surface area (Å²) in [6.07, 6.45) is 9.56. The zero-order valence-corrected chi connectivity index (χ0v) is 20.9. The molecule has 5 rings (SSSR count). The van der Waals surface area contributed by atoms with E-state index >= 15 is 0 Å². The maximum atomic E-state index is 14.3. The van der Waals surface area contributed by atoms with Gasteiger partial charge in [-0.1, -0.05) is 0 Å². The second kappa shape index (κ2) is 10.1. The fourth-order valence-corrected chi connectivity index (χ4v) is 4.54. The average molecular weight is 520 g/mol. The van der Waals surface area contributed by atoms with Crippen molar-refractivity contribution in [2.75, 3.05) is 31.1 Å². The molecule has 1 aromatic carbocycles. The van der Waals surface area contributed by atoms with Crippen LogP contribution >= 0.6 is 0 Å². The van der Waals surface area contributed by atoms with Crippen molar-refractivity contribution < 1.29 is 13.9 Å². The van der Waals surface area contributed by atoms with Gasteiger partial charge in [-0.2, -0.15) is 5.10 Å². The smallest absolute Gasteiger partial charge is 0.225 e. The Labute approximate surface area is 217 Å². The summed E-state index contributed by atoms with van der Waals surface area (Å²) in [5.74, 6) is -0.407. The Morgan fingerprint density at radius 2 is 1.84 bits per heavy atom. The van der Waals surface area contributed by atoms with E-state index in [1.807, 2.05) is 30.4 Å². The van der Waals surface area contributed by atoms with E-state index < -0.39 is 17.2 Å². The first-order chi connectivity index (χ1) is 18.3. The molecule has 0 saturated carbocycles. The first-order valence-corrected chi connectivity index (χ1v) is 12.0. The van der Waals surface area contributed by atoms with Gasteiger partial charge in [-0.25, -0.2) is 23.7 Å². The van der Waals surface area contributed by atoms with E-state index in [0.717, 1.165) is 35.3 Å². The molecule has 4 heterocycles. The fourth-order valence-electron chi connectivity index (χ4n) is 4.54. The highest BCUT2D eigenvalue weighted by Crippen LogP contribution is 2.31. The van der Waals surface area contributed by atoms with Crippen LogP contribution in [0.25, 0.3) is 11.1 Å². The lowest BCUT2D eigenvalue weighted by molar-refractivity contribution is 0.0970. The monoisotopic (exact) mass is 519 g/mol. The number of rotatable bonds is 6. The van der Waals surface area contributed by atoms with Gasteiger partial charge in [-0.05, 0) is 25.1 Å². The van der Waals surface area contributed by atoms with Gasteiger partial charge < -0.3 is 19.9 Å². The number of H-pyrrole nitrogens is 1. The highest BCUT2D eigenvalue weighted by Gasteiger charge is 2.31. The number of piperazine rings is 1. The number of aromatic amines is 1. The molecular weight excluding hydrogens is 492 g/mol. The predicted molar refractivity (Wildman–Crippen MR) is 139 cm³/mol. The second-order valence-corrected chi connectivity index (χ2v) is 9.23. The lowest BCUT2D eigenvalue weighted by Crippen LogP contribution is -2.49. The van der Waals surface area contributed by atoms with E-state index in [1.54, 1.807) is 10.9 Å². The molecule has 12 heteroatoms. The van der Waals surface area contributed by atoms with Crippen LogP contribution < -0.4 is 4.90 Å². The minimum absolute atomic E-state index is 0.0575. The number of halogens is 2. The molecule has 4 aromatic rings. The molecule has 1 fully saturated rings. The molecular formula is C26H27F2N9O.